The molecule has 8 heteroatoms. The first-order valence-corrected chi connectivity index (χ1v) is 7.85. The summed E-state index contributed by atoms with van der Waals surface area (Å²) >= 11 is 4.96. The summed E-state index contributed by atoms with van der Waals surface area (Å²) in [5, 5.41) is 21.2. The molecule has 2 heterocycles. The maximum absolute atomic E-state index is 11.7. The summed E-state index contributed by atoms with van der Waals surface area (Å²) in [6.45, 7) is 5.64. The van der Waals surface area contributed by atoms with E-state index in [0.29, 0.717) is 18.7 Å². The molecule has 20 heavy (non-hydrogen) atoms. The highest BCUT2D eigenvalue weighted by atomic mass is 79.9. The van der Waals surface area contributed by atoms with Crippen molar-refractivity contribution < 1.29 is 9.90 Å². The Kier molecular flexibility index (Phi) is 4.24. The van der Waals surface area contributed by atoms with Crippen LogP contribution in [0.1, 0.15) is 32.3 Å². The molecular formula is C12H15BrN4O2S. The molecule has 2 rings (SSSR count). The van der Waals surface area contributed by atoms with Crippen LogP contribution in [0, 0.1) is 6.92 Å². The number of aryl methyl sites for hydroxylation is 1. The summed E-state index contributed by atoms with van der Waals surface area (Å²) in [5.41, 5.74) is -0.0306. The lowest BCUT2D eigenvalue weighted by molar-refractivity contribution is -0.148. The first-order chi connectivity index (χ1) is 9.46. The Bertz CT molecular complexity index is 614. The number of halogens is 1. The van der Waals surface area contributed by atoms with E-state index in [4.69, 9.17) is 0 Å². The minimum absolute atomic E-state index is 0.419. The highest BCUT2D eigenvalue weighted by Gasteiger charge is 2.40. The van der Waals surface area contributed by atoms with Gasteiger partial charge < -0.3 is 5.11 Å². The summed E-state index contributed by atoms with van der Waals surface area (Å²) in [6.07, 6.45) is 0.838. The lowest BCUT2D eigenvalue weighted by Gasteiger charge is -2.27. The number of tetrazole rings is 1. The number of aromatic nitrogens is 4. The van der Waals surface area contributed by atoms with Crippen molar-refractivity contribution in [1.82, 2.24) is 20.2 Å². The number of carbonyl (C=O) groups is 1. The number of thiophene rings is 1. The van der Waals surface area contributed by atoms with Gasteiger partial charge in [0.05, 0.1) is 8.66 Å². The van der Waals surface area contributed by atoms with Crippen LogP contribution in [-0.4, -0.2) is 31.3 Å². The van der Waals surface area contributed by atoms with E-state index in [0.717, 1.165) is 14.2 Å². The van der Waals surface area contributed by atoms with E-state index in [1.807, 2.05) is 26.8 Å². The van der Waals surface area contributed by atoms with Gasteiger partial charge in [-0.3, -0.25) is 0 Å². The van der Waals surface area contributed by atoms with E-state index in [9.17, 15) is 9.90 Å². The third-order valence-corrected chi connectivity index (χ3v) is 5.65. The van der Waals surface area contributed by atoms with Gasteiger partial charge in [-0.2, -0.15) is 0 Å². The highest BCUT2D eigenvalue weighted by molar-refractivity contribution is 9.11. The molecule has 6 nitrogen and oxygen atoms in total. The molecule has 0 aliphatic heterocycles. The molecule has 0 fully saturated rings. The van der Waals surface area contributed by atoms with Crippen LogP contribution < -0.4 is 0 Å². The molecule has 2 aromatic rings. The van der Waals surface area contributed by atoms with Crippen molar-refractivity contribution in [3.63, 3.8) is 0 Å². The number of carboxylic acids is 1. The van der Waals surface area contributed by atoms with E-state index in [1.165, 1.54) is 16.0 Å². The second kappa shape index (κ2) is 5.61. The SMILES string of the molecule is CCC(CC)(C(=O)O)n1nnnc1-c1cc(C)c(Br)s1. The quantitative estimate of drug-likeness (QED) is 0.887. The lowest BCUT2D eigenvalue weighted by atomic mass is 9.93. The smallest absolute Gasteiger partial charge is 0.331 e. The molecule has 0 amide bonds. The second-order valence-corrected chi connectivity index (χ2v) is 6.90. The molecule has 0 saturated heterocycles. The summed E-state index contributed by atoms with van der Waals surface area (Å²) in [6, 6.07) is 1.95. The molecule has 1 N–H and O–H groups in total. The van der Waals surface area contributed by atoms with Gasteiger partial charge in [-0.05, 0) is 57.8 Å². The number of nitrogens with zero attached hydrogens (tertiary/aromatic N) is 4. The van der Waals surface area contributed by atoms with Crippen molar-refractivity contribution in [2.75, 3.05) is 0 Å². The number of carboxylic acid groups (broad SMARTS) is 1. The number of aliphatic carboxylic acids is 1. The predicted octanol–water partition coefficient (Wildman–Crippen LogP) is 3.07. The standard InChI is InChI=1S/C12H15BrN4O2S/c1-4-12(5-2,11(18)19)17-10(14-15-16-17)8-6-7(3)9(13)20-8/h6H,4-5H2,1-3H3,(H,18,19). The van der Waals surface area contributed by atoms with Crippen molar-refractivity contribution in [2.24, 2.45) is 0 Å². The second-order valence-electron chi connectivity index (χ2n) is 4.53. The van der Waals surface area contributed by atoms with Gasteiger partial charge in [-0.1, -0.05) is 13.8 Å². The fraction of sp³-hybridized carbons (Fsp3) is 0.500. The molecular weight excluding hydrogens is 344 g/mol. The minimum Gasteiger partial charge on any atom is -0.479 e. The first kappa shape index (κ1) is 15.1. The summed E-state index contributed by atoms with van der Waals surface area (Å²) in [5.74, 6) is -0.418. The molecule has 0 radical (unpaired) electrons. The molecule has 0 bridgehead atoms. The first-order valence-electron chi connectivity index (χ1n) is 6.24. The Morgan fingerprint density at radius 2 is 2.15 bits per heavy atom. The van der Waals surface area contributed by atoms with Gasteiger partial charge in [0.1, 0.15) is 0 Å². The van der Waals surface area contributed by atoms with Crippen molar-refractivity contribution in [3.8, 4) is 10.7 Å². The van der Waals surface area contributed by atoms with Crippen molar-refractivity contribution in [2.45, 2.75) is 39.2 Å². The van der Waals surface area contributed by atoms with Crippen LogP contribution in [0.25, 0.3) is 10.7 Å². The van der Waals surface area contributed by atoms with Crippen LogP contribution in [-0.2, 0) is 10.3 Å². The van der Waals surface area contributed by atoms with Crippen LogP contribution in [0.3, 0.4) is 0 Å². The van der Waals surface area contributed by atoms with Crippen molar-refractivity contribution in [3.05, 3.63) is 15.4 Å². The minimum atomic E-state index is -1.11. The number of hydrogen-bond acceptors (Lipinski definition) is 5. The largest absolute Gasteiger partial charge is 0.479 e. The summed E-state index contributed by atoms with van der Waals surface area (Å²) in [4.78, 5) is 12.6. The molecule has 0 spiro atoms. The van der Waals surface area contributed by atoms with Crippen LogP contribution in [0.15, 0.2) is 9.85 Å². The van der Waals surface area contributed by atoms with Gasteiger partial charge in [-0.25, -0.2) is 9.48 Å². The molecule has 108 valence electrons. The van der Waals surface area contributed by atoms with Gasteiger partial charge in [0.25, 0.3) is 0 Å². The van der Waals surface area contributed by atoms with Crippen LogP contribution in [0.5, 0.6) is 0 Å². The van der Waals surface area contributed by atoms with E-state index in [-0.39, 0.29) is 0 Å². The summed E-state index contributed by atoms with van der Waals surface area (Å²) in [7, 11) is 0. The highest BCUT2D eigenvalue weighted by Crippen LogP contribution is 2.36. The topological polar surface area (TPSA) is 80.9 Å². The zero-order chi connectivity index (χ0) is 14.9. The Morgan fingerprint density at radius 1 is 1.50 bits per heavy atom. The van der Waals surface area contributed by atoms with Crippen molar-refractivity contribution >= 4 is 33.2 Å². The molecule has 0 aromatic carbocycles. The Labute approximate surface area is 128 Å². The Hall–Kier alpha value is -1.28. The molecule has 0 unspecified atom stereocenters. The van der Waals surface area contributed by atoms with Crippen molar-refractivity contribution in [1.29, 1.82) is 0 Å². The monoisotopic (exact) mass is 358 g/mol. The fourth-order valence-corrected chi connectivity index (χ4v) is 3.65. The molecule has 0 aliphatic carbocycles. The van der Waals surface area contributed by atoms with Crippen LogP contribution in [0.2, 0.25) is 0 Å². The lowest BCUT2D eigenvalue weighted by Crippen LogP contribution is -2.42. The van der Waals surface area contributed by atoms with Crippen LogP contribution in [0.4, 0.5) is 0 Å². The van der Waals surface area contributed by atoms with E-state index in [2.05, 4.69) is 31.5 Å². The maximum atomic E-state index is 11.7. The average molecular weight is 359 g/mol. The fourth-order valence-electron chi connectivity index (χ4n) is 2.14. The third kappa shape index (κ3) is 2.26. The van der Waals surface area contributed by atoms with Gasteiger partial charge in [-0.15, -0.1) is 16.4 Å². The van der Waals surface area contributed by atoms with Crippen LogP contribution >= 0.6 is 27.3 Å². The molecule has 2 aromatic heterocycles. The zero-order valence-corrected chi connectivity index (χ0v) is 13.8. The number of hydrogen-bond donors (Lipinski definition) is 1. The van der Waals surface area contributed by atoms with Gasteiger partial charge in [0.15, 0.2) is 11.4 Å². The molecule has 0 aliphatic rings. The average Bonchev–Trinajstić information content (AvgIpc) is 3.00. The van der Waals surface area contributed by atoms with E-state index < -0.39 is 11.5 Å². The zero-order valence-electron chi connectivity index (χ0n) is 11.4. The van der Waals surface area contributed by atoms with E-state index in [1.54, 1.807) is 0 Å². The maximum Gasteiger partial charge on any atom is 0.331 e. The van der Waals surface area contributed by atoms with E-state index >= 15 is 0 Å². The predicted molar refractivity (Wildman–Crippen MR) is 79.8 cm³/mol. The molecule has 0 saturated carbocycles. The number of rotatable bonds is 5. The molecule has 0 atom stereocenters. The Balaban J connectivity index is 2.60. The Morgan fingerprint density at radius 3 is 2.60 bits per heavy atom. The van der Waals surface area contributed by atoms with Gasteiger partial charge in [0, 0.05) is 0 Å². The normalized spacial score (nSPS) is 11.8. The van der Waals surface area contributed by atoms with Gasteiger partial charge in [0.2, 0.25) is 0 Å². The third-order valence-electron chi connectivity index (χ3n) is 3.52. The summed E-state index contributed by atoms with van der Waals surface area (Å²) < 4.78 is 2.43. The van der Waals surface area contributed by atoms with Gasteiger partial charge >= 0.3 is 5.97 Å².